The van der Waals surface area contributed by atoms with Crippen LogP contribution in [-0.4, -0.2) is 43.4 Å². The normalized spacial score (nSPS) is 15.5. The molecular formula is C38H48IN5OP+. The number of aliphatic imine (C=N–C) groups is 1. The molecule has 1 atom stereocenters. The monoisotopic (exact) mass is 748 g/mol. The van der Waals surface area contributed by atoms with Crippen LogP contribution in [0.5, 0.6) is 5.75 Å². The molecule has 1 aliphatic rings. The van der Waals surface area contributed by atoms with Gasteiger partial charge in [-0.1, -0.05) is 0 Å². The van der Waals surface area contributed by atoms with E-state index in [0.717, 1.165) is 30.3 Å². The topological polar surface area (TPSA) is 74.7 Å². The molecule has 0 bridgehead atoms. The van der Waals surface area contributed by atoms with E-state index in [2.05, 4.69) is 129 Å². The predicted molar refractivity (Wildman–Crippen MR) is 206 cm³/mol. The van der Waals surface area contributed by atoms with Crippen molar-refractivity contribution in [3.8, 4) is 5.75 Å². The fraction of sp³-hybridized carbons (Fsp3) is 0.316. The van der Waals surface area contributed by atoms with Crippen LogP contribution < -0.4 is 37.0 Å². The number of nitrogens with zero attached hydrogens (tertiary/aromatic N) is 2. The third-order valence-electron chi connectivity index (χ3n) is 8.81. The minimum atomic E-state index is -2.65. The molecule has 0 saturated heterocycles. The summed E-state index contributed by atoms with van der Waals surface area (Å²) >= 11 is 2.91. The van der Waals surface area contributed by atoms with E-state index in [1.165, 1.54) is 60.6 Å². The van der Waals surface area contributed by atoms with E-state index in [-0.39, 0.29) is 6.17 Å². The van der Waals surface area contributed by atoms with Crippen molar-refractivity contribution in [1.29, 1.82) is 0 Å². The van der Waals surface area contributed by atoms with Crippen molar-refractivity contribution in [2.75, 3.05) is 26.9 Å². The van der Waals surface area contributed by atoms with Gasteiger partial charge in [-0.25, -0.2) is 5.32 Å². The Morgan fingerprint density at radius 2 is 1.17 bits per heavy atom. The maximum absolute atomic E-state index is 6.05. The van der Waals surface area contributed by atoms with Gasteiger partial charge in [-0.3, -0.25) is 9.89 Å². The van der Waals surface area contributed by atoms with Crippen molar-refractivity contribution in [2.45, 2.75) is 51.1 Å². The third-order valence-corrected chi connectivity index (χ3v) is 20.5. The SMILES string of the molecule is C[N+](C)=C1NC(N)=NC(c2ccc(OCCCCCCCCCP(I)(c3ccccc3)(c3ccccc3)c3ccccc3)cc2)N1. The van der Waals surface area contributed by atoms with E-state index in [1.807, 2.05) is 42.9 Å². The van der Waals surface area contributed by atoms with Gasteiger partial charge in [0.2, 0.25) is 0 Å². The summed E-state index contributed by atoms with van der Waals surface area (Å²) in [6, 6.07) is 41.9. The van der Waals surface area contributed by atoms with Crippen LogP contribution in [0.4, 0.5) is 0 Å². The van der Waals surface area contributed by atoms with Gasteiger partial charge < -0.3 is 5.73 Å². The molecule has 0 radical (unpaired) electrons. The molecule has 242 valence electrons. The summed E-state index contributed by atoms with van der Waals surface area (Å²) in [6.45, 7) is 0.739. The van der Waals surface area contributed by atoms with Gasteiger partial charge in [0.15, 0.2) is 6.17 Å². The average molecular weight is 749 g/mol. The van der Waals surface area contributed by atoms with Gasteiger partial charge in [0.05, 0.1) is 14.1 Å². The molecule has 0 fully saturated rings. The van der Waals surface area contributed by atoms with Gasteiger partial charge in [0.1, 0.15) is 0 Å². The van der Waals surface area contributed by atoms with E-state index < -0.39 is 4.25 Å². The van der Waals surface area contributed by atoms with E-state index in [4.69, 9.17) is 10.5 Å². The van der Waals surface area contributed by atoms with Crippen LogP contribution in [0.1, 0.15) is 56.7 Å². The minimum Gasteiger partial charge on any atom is -0.251 e. The maximum atomic E-state index is 6.05. The van der Waals surface area contributed by atoms with Crippen LogP contribution in [0, 0.1) is 0 Å². The molecule has 0 amide bonds. The van der Waals surface area contributed by atoms with Crippen molar-refractivity contribution in [1.82, 2.24) is 10.6 Å². The summed E-state index contributed by atoms with van der Waals surface area (Å²) in [6.07, 6.45) is 9.49. The quantitative estimate of drug-likeness (QED) is 0.0541. The van der Waals surface area contributed by atoms with Gasteiger partial charge in [-0.2, -0.15) is 4.99 Å². The second-order valence-corrected chi connectivity index (χ2v) is 23.0. The summed E-state index contributed by atoms with van der Waals surface area (Å²) < 4.78 is 5.34. The minimum absolute atomic E-state index is 0.219. The molecule has 8 heteroatoms. The Bertz CT molecular complexity index is 1490. The molecule has 0 saturated carbocycles. The molecule has 0 aliphatic carbocycles. The number of hydrogen-bond acceptors (Lipinski definition) is 3. The van der Waals surface area contributed by atoms with Gasteiger partial charge >= 0.3 is 219 Å². The van der Waals surface area contributed by atoms with Crippen LogP contribution in [-0.2, 0) is 0 Å². The van der Waals surface area contributed by atoms with E-state index in [1.54, 1.807) is 0 Å². The summed E-state index contributed by atoms with van der Waals surface area (Å²) in [5.41, 5.74) is 7.02. The first-order chi connectivity index (χ1) is 22.4. The zero-order valence-corrected chi connectivity index (χ0v) is 30.2. The Hall–Kier alpha value is -3.42. The number of benzene rings is 4. The van der Waals surface area contributed by atoms with Crippen molar-refractivity contribution in [3.63, 3.8) is 0 Å². The van der Waals surface area contributed by atoms with Gasteiger partial charge in [0.25, 0.3) is 5.96 Å². The number of ether oxygens (including phenoxy) is 1. The molecule has 46 heavy (non-hydrogen) atoms. The summed E-state index contributed by atoms with van der Waals surface area (Å²) in [5, 5.41) is 10.8. The summed E-state index contributed by atoms with van der Waals surface area (Å²) in [4.78, 5) is 4.48. The van der Waals surface area contributed by atoms with E-state index in [0.29, 0.717) is 5.96 Å². The number of nitrogens with one attached hydrogen (secondary N) is 2. The number of unbranched alkanes of at least 4 members (excludes halogenated alkanes) is 6. The van der Waals surface area contributed by atoms with Gasteiger partial charge in [0, 0.05) is 5.56 Å². The Morgan fingerprint density at radius 3 is 1.67 bits per heavy atom. The Balaban J connectivity index is 1.07. The van der Waals surface area contributed by atoms with E-state index >= 15 is 0 Å². The van der Waals surface area contributed by atoms with Gasteiger partial charge in [-0.15, -0.1) is 0 Å². The molecule has 4 aromatic rings. The number of guanidine groups is 2. The first kappa shape index (κ1) is 33.9. The van der Waals surface area contributed by atoms with E-state index in [9.17, 15) is 0 Å². The summed E-state index contributed by atoms with van der Waals surface area (Å²) in [5.74, 6) is 2.12. The van der Waals surface area contributed by atoms with Crippen molar-refractivity contribution >= 4 is 54.1 Å². The molecular weight excluding hydrogens is 700 g/mol. The fourth-order valence-electron chi connectivity index (χ4n) is 6.27. The van der Waals surface area contributed by atoms with Crippen molar-refractivity contribution < 1.29 is 9.31 Å². The molecule has 1 aliphatic heterocycles. The standard InChI is InChI=1S/C38H47IN5OP/c1-44(2)38-42-36(41-37(40)43-38)31-25-27-32(28-26-31)45-29-17-6-4-3-5-7-18-30-46(39,33-19-11-8-12-20-33,34-21-13-9-14-22-34)35-23-15-10-16-24-35/h8-16,19-28,36H,3-7,17-18,29-30H2,1-2H3,(H3,40,41,42,43)/p+1. The second-order valence-electron chi connectivity index (χ2n) is 12.2. The third kappa shape index (κ3) is 7.92. The number of nitrogens with two attached hydrogens (primary N) is 1. The van der Waals surface area contributed by atoms with Crippen LogP contribution in [0.2, 0.25) is 0 Å². The first-order valence-electron chi connectivity index (χ1n) is 16.4. The van der Waals surface area contributed by atoms with Crippen LogP contribution in [0.15, 0.2) is 120 Å². The molecule has 1 heterocycles. The van der Waals surface area contributed by atoms with Crippen molar-refractivity contribution in [2.24, 2.45) is 10.7 Å². The fourth-order valence-corrected chi connectivity index (χ4v) is 15.1. The second kappa shape index (κ2) is 15.9. The van der Waals surface area contributed by atoms with Crippen LogP contribution in [0.3, 0.4) is 0 Å². The Morgan fingerprint density at radius 1 is 0.696 bits per heavy atom. The number of hydrogen-bond donors (Lipinski definition) is 3. The molecule has 4 aromatic carbocycles. The Kier molecular flexibility index (Phi) is 11.7. The van der Waals surface area contributed by atoms with Crippen LogP contribution >= 0.6 is 26.3 Å². The molecule has 0 aromatic heterocycles. The molecule has 6 nitrogen and oxygen atoms in total. The van der Waals surface area contributed by atoms with Crippen LogP contribution in [0.25, 0.3) is 0 Å². The predicted octanol–water partition coefficient (Wildman–Crippen LogP) is 6.81. The smallest absolute Gasteiger partial charge is 0.251 e. The summed E-state index contributed by atoms with van der Waals surface area (Å²) in [7, 11) is 3.91. The molecule has 0 spiro atoms. The molecule has 1 unspecified atom stereocenters. The average Bonchev–Trinajstić information content (AvgIpc) is 3.10. The zero-order chi connectivity index (χ0) is 32.3. The molecule has 4 N–H and O–H groups in total. The number of rotatable bonds is 15. The Labute approximate surface area is 288 Å². The van der Waals surface area contributed by atoms with Gasteiger partial charge in [-0.05, 0) is 12.1 Å². The number of halogens is 1. The first-order valence-corrected chi connectivity index (χ1v) is 21.6. The van der Waals surface area contributed by atoms with Crippen molar-refractivity contribution in [3.05, 3.63) is 121 Å². The molecule has 5 rings (SSSR count). The zero-order valence-electron chi connectivity index (χ0n) is 27.1.